The van der Waals surface area contributed by atoms with Gasteiger partial charge in [-0.15, -0.1) is 0 Å². The number of hydrogen-bond acceptors (Lipinski definition) is 2. The zero-order valence-corrected chi connectivity index (χ0v) is 7.78. The molecule has 0 heterocycles. The van der Waals surface area contributed by atoms with Crippen LogP contribution in [0.3, 0.4) is 0 Å². The Labute approximate surface area is 85.0 Å². The maximum Gasteiger partial charge on any atom is 0.305 e. The molecule has 0 fully saturated rings. The molecule has 0 aliphatic heterocycles. The molecule has 0 amide bonds. The van der Waals surface area contributed by atoms with E-state index in [0.717, 1.165) is 18.2 Å². The van der Waals surface area contributed by atoms with E-state index in [1.54, 1.807) is 0 Å². The molecule has 5 heteroatoms. The van der Waals surface area contributed by atoms with E-state index in [-0.39, 0.29) is 12.0 Å². The highest BCUT2D eigenvalue weighted by Gasteiger charge is 2.13. The minimum atomic E-state index is -1.21. The lowest BCUT2D eigenvalue weighted by molar-refractivity contribution is -0.139. The SMILES string of the molecule is O=C(O)C[C@@H](O)Cc1cc(F)ccc1F. The summed E-state index contributed by atoms with van der Waals surface area (Å²) in [4.78, 5) is 10.2. The highest BCUT2D eigenvalue weighted by Crippen LogP contribution is 2.13. The van der Waals surface area contributed by atoms with Crippen molar-refractivity contribution >= 4 is 5.97 Å². The van der Waals surface area contributed by atoms with Gasteiger partial charge in [-0.1, -0.05) is 0 Å². The molecule has 1 rings (SSSR count). The van der Waals surface area contributed by atoms with Gasteiger partial charge >= 0.3 is 5.97 Å². The van der Waals surface area contributed by atoms with E-state index in [4.69, 9.17) is 5.11 Å². The number of carbonyl (C=O) groups is 1. The molecule has 0 saturated heterocycles. The highest BCUT2D eigenvalue weighted by molar-refractivity contribution is 5.67. The van der Waals surface area contributed by atoms with E-state index < -0.39 is 30.1 Å². The first-order valence-corrected chi connectivity index (χ1v) is 4.33. The Balaban J connectivity index is 2.71. The second-order valence-electron chi connectivity index (χ2n) is 3.19. The summed E-state index contributed by atoms with van der Waals surface area (Å²) in [6.07, 6.45) is -1.91. The van der Waals surface area contributed by atoms with Crippen molar-refractivity contribution in [3.05, 3.63) is 35.4 Å². The van der Waals surface area contributed by atoms with Gasteiger partial charge in [-0.05, 0) is 23.8 Å². The van der Waals surface area contributed by atoms with Crippen LogP contribution in [0.1, 0.15) is 12.0 Å². The Hall–Kier alpha value is -1.49. The summed E-state index contributed by atoms with van der Waals surface area (Å²) in [6, 6.07) is 2.85. The molecule has 2 N–H and O–H groups in total. The van der Waals surface area contributed by atoms with Crippen molar-refractivity contribution in [3.63, 3.8) is 0 Å². The number of rotatable bonds is 4. The van der Waals surface area contributed by atoms with Crippen molar-refractivity contribution in [2.24, 2.45) is 0 Å². The number of carboxylic acid groups (broad SMARTS) is 1. The van der Waals surface area contributed by atoms with Crippen LogP contribution >= 0.6 is 0 Å². The molecule has 0 aliphatic rings. The normalized spacial score (nSPS) is 12.5. The molecule has 1 aromatic rings. The quantitative estimate of drug-likeness (QED) is 0.798. The van der Waals surface area contributed by atoms with Crippen molar-refractivity contribution < 1.29 is 23.8 Å². The van der Waals surface area contributed by atoms with E-state index in [9.17, 15) is 18.7 Å². The average molecular weight is 216 g/mol. The number of carboxylic acids is 1. The van der Waals surface area contributed by atoms with Gasteiger partial charge in [0.05, 0.1) is 12.5 Å². The molecule has 3 nitrogen and oxygen atoms in total. The van der Waals surface area contributed by atoms with Gasteiger partial charge in [0, 0.05) is 6.42 Å². The summed E-state index contributed by atoms with van der Waals surface area (Å²) < 4.78 is 25.7. The number of aliphatic carboxylic acids is 1. The van der Waals surface area contributed by atoms with Gasteiger partial charge in [-0.3, -0.25) is 4.79 Å². The lowest BCUT2D eigenvalue weighted by atomic mass is 10.1. The van der Waals surface area contributed by atoms with Gasteiger partial charge in [-0.2, -0.15) is 0 Å². The maximum atomic E-state index is 13.0. The van der Waals surface area contributed by atoms with Crippen LogP contribution in [-0.2, 0) is 11.2 Å². The van der Waals surface area contributed by atoms with Crippen LogP contribution in [0.25, 0.3) is 0 Å². The summed E-state index contributed by atoms with van der Waals surface area (Å²) in [5, 5.41) is 17.6. The Kier molecular flexibility index (Phi) is 3.74. The second kappa shape index (κ2) is 4.84. The van der Waals surface area contributed by atoms with E-state index in [0.29, 0.717) is 0 Å². The van der Waals surface area contributed by atoms with E-state index >= 15 is 0 Å². The van der Waals surface area contributed by atoms with Crippen LogP contribution in [-0.4, -0.2) is 22.3 Å². The number of hydrogen-bond donors (Lipinski definition) is 2. The fraction of sp³-hybridized carbons (Fsp3) is 0.300. The summed E-state index contributed by atoms with van der Waals surface area (Å²) in [5.74, 6) is -2.45. The molecule has 0 aromatic heterocycles. The zero-order chi connectivity index (χ0) is 11.4. The molecule has 82 valence electrons. The van der Waals surface area contributed by atoms with Crippen LogP contribution < -0.4 is 0 Å². The van der Waals surface area contributed by atoms with Gasteiger partial charge in [0.25, 0.3) is 0 Å². The van der Waals surface area contributed by atoms with Crippen molar-refractivity contribution in [2.45, 2.75) is 18.9 Å². The summed E-state index contributed by atoms with van der Waals surface area (Å²) >= 11 is 0. The molecule has 1 aromatic carbocycles. The first-order valence-electron chi connectivity index (χ1n) is 4.33. The molecule has 0 unspecified atom stereocenters. The Morgan fingerprint density at radius 3 is 2.67 bits per heavy atom. The molecule has 0 bridgehead atoms. The Bertz CT molecular complexity index is 366. The Morgan fingerprint density at radius 1 is 1.40 bits per heavy atom. The number of aliphatic hydroxyl groups excluding tert-OH is 1. The van der Waals surface area contributed by atoms with Crippen molar-refractivity contribution in [1.82, 2.24) is 0 Å². The molecule has 0 spiro atoms. The molecule has 0 saturated carbocycles. The molecule has 1 atom stereocenters. The lowest BCUT2D eigenvalue weighted by Gasteiger charge is -2.08. The smallest absolute Gasteiger partial charge is 0.305 e. The number of aliphatic hydroxyl groups is 1. The summed E-state index contributed by atoms with van der Waals surface area (Å²) in [7, 11) is 0. The van der Waals surface area contributed by atoms with Crippen LogP contribution in [0.5, 0.6) is 0 Å². The minimum Gasteiger partial charge on any atom is -0.481 e. The van der Waals surface area contributed by atoms with Crippen LogP contribution in [0.4, 0.5) is 8.78 Å². The zero-order valence-electron chi connectivity index (χ0n) is 7.78. The first-order chi connectivity index (χ1) is 6.99. The lowest BCUT2D eigenvalue weighted by Crippen LogP contribution is -2.16. The van der Waals surface area contributed by atoms with Crippen LogP contribution in [0, 0.1) is 11.6 Å². The predicted octanol–water partition coefficient (Wildman–Crippen LogP) is 1.34. The van der Waals surface area contributed by atoms with E-state index in [1.165, 1.54) is 0 Å². The third kappa shape index (κ3) is 3.63. The van der Waals surface area contributed by atoms with Gasteiger partial charge in [0.2, 0.25) is 0 Å². The highest BCUT2D eigenvalue weighted by atomic mass is 19.1. The fourth-order valence-corrected chi connectivity index (χ4v) is 1.23. The number of halogens is 2. The maximum absolute atomic E-state index is 13.0. The third-order valence-electron chi connectivity index (χ3n) is 1.87. The average Bonchev–Trinajstić information content (AvgIpc) is 2.10. The third-order valence-corrected chi connectivity index (χ3v) is 1.87. The Morgan fingerprint density at radius 2 is 2.07 bits per heavy atom. The standard InChI is InChI=1S/C10H10F2O3/c11-7-1-2-9(12)6(3-7)4-8(13)5-10(14)15/h1-3,8,13H,4-5H2,(H,14,15)/t8-/m0/s1. The van der Waals surface area contributed by atoms with Gasteiger partial charge in [0.15, 0.2) is 0 Å². The molecular weight excluding hydrogens is 206 g/mol. The van der Waals surface area contributed by atoms with E-state index in [2.05, 4.69) is 0 Å². The van der Waals surface area contributed by atoms with Gasteiger partial charge in [-0.25, -0.2) is 8.78 Å². The van der Waals surface area contributed by atoms with E-state index in [1.807, 2.05) is 0 Å². The van der Waals surface area contributed by atoms with Crippen molar-refractivity contribution in [2.75, 3.05) is 0 Å². The van der Waals surface area contributed by atoms with Crippen molar-refractivity contribution in [1.29, 1.82) is 0 Å². The second-order valence-corrected chi connectivity index (χ2v) is 3.19. The molecular formula is C10H10F2O3. The predicted molar refractivity (Wildman–Crippen MR) is 48.3 cm³/mol. The number of benzene rings is 1. The molecule has 15 heavy (non-hydrogen) atoms. The summed E-state index contributed by atoms with van der Waals surface area (Å²) in [5.41, 5.74) is -0.0243. The fourth-order valence-electron chi connectivity index (χ4n) is 1.23. The van der Waals surface area contributed by atoms with Gasteiger partial charge in [0.1, 0.15) is 11.6 Å². The molecule has 0 radical (unpaired) electrons. The minimum absolute atomic E-state index is 0.0243. The topological polar surface area (TPSA) is 57.5 Å². The molecule has 0 aliphatic carbocycles. The van der Waals surface area contributed by atoms with Crippen molar-refractivity contribution in [3.8, 4) is 0 Å². The summed E-state index contributed by atoms with van der Waals surface area (Å²) in [6.45, 7) is 0. The van der Waals surface area contributed by atoms with Crippen LogP contribution in [0.2, 0.25) is 0 Å². The van der Waals surface area contributed by atoms with Gasteiger partial charge < -0.3 is 10.2 Å². The monoisotopic (exact) mass is 216 g/mol. The largest absolute Gasteiger partial charge is 0.481 e. The van der Waals surface area contributed by atoms with Crippen LogP contribution in [0.15, 0.2) is 18.2 Å². The first kappa shape index (κ1) is 11.6.